The van der Waals surface area contributed by atoms with Gasteiger partial charge in [0.15, 0.2) is 6.54 Å². The van der Waals surface area contributed by atoms with Crippen molar-refractivity contribution < 1.29 is 14.5 Å². The van der Waals surface area contributed by atoms with Gasteiger partial charge in [-0.05, 0) is 36.8 Å². The summed E-state index contributed by atoms with van der Waals surface area (Å²) in [7, 11) is 3.96. The van der Waals surface area contributed by atoms with Gasteiger partial charge in [0, 0.05) is 31.9 Å². The molecule has 2 aromatic rings. The smallest absolute Gasteiger partial charge is 0.275 e. The summed E-state index contributed by atoms with van der Waals surface area (Å²) >= 11 is 11.8. The maximum atomic E-state index is 13.6. The molecule has 0 saturated carbocycles. The van der Waals surface area contributed by atoms with E-state index in [-0.39, 0.29) is 23.5 Å². The maximum absolute atomic E-state index is 13.6. The number of halogens is 3. The molecule has 4 nitrogen and oxygen atoms in total. The highest BCUT2D eigenvalue weighted by molar-refractivity contribution is 6.35. The van der Waals surface area contributed by atoms with Crippen molar-refractivity contribution in [3.63, 3.8) is 0 Å². The van der Waals surface area contributed by atoms with Crippen molar-refractivity contribution >= 4 is 34.8 Å². The van der Waals surface area contributed by atoms with E-state index in [0.717, 1.165) is 11.3 Å². The SMILES string of the molecule is C[C@H]([NH2+]CC(=O)NCc1ccc(N(C)C)cc1)c1cc(F)c(Cl)cc1Cl. The average molecular weight is 399 g/mol. The van der Waals surface area contributed by atoms with E-state index >= 15 is 0 Å². The molecular weight excluding hydrogens is 376 g/mol. The van der Waals surface area contributed by atoms with Gasteiger partial charge in [0.05, 0.1) is 10.0 Å². The standard InChI is InChI=1S/C19H22Cl2FN3O/c1-12(15-8-18(22)17(21)9-16(15)20)23-11-19(26)24-10-13-4-6-14(7-5-13)25(2)3/h4-9,12,23H,10-11H2,1-3H3,(H,24,26)/p+1/t12-/m0/s1. The lowest BCUT2D eigenvalue weighted by molar-refractivity contribution is -0.682. The third kappa shape index (κ3) is 5.59. The maximum Gasteiger partial charge on any atom is 0.275 e. The van der Waals surface area contributed by atoms with Crippen molar-refractivity contribution in [2.75, 3.05) is 25.5 Å². The summed E-state index contributed by atoms with van der Waals surface area (Å²) in [6.07, 6.45) is 0. The zero-order chi connectivity index (χ0) is 19.3. The largest absolute Gasteiger partial charge is 0.378 e. The van der Waals surface area contributed by atoms with Gasteiger partial charge in [-0.1, -0.05) is 35.3 Å². The second kappa shape index (κ2) is 9.21. The zero-order valence-corrected chi connectivity index (χ0v) is 16.5. The van der Waals surface area contributed by atoms with Gasteiger partial charge in [0.1, 0.15) is 11.9 Å². The van der Waals surface area contributed by atoms with E-state index in [2.05, 4.69) is 5.32 Å². The summed E-state index contributed by atoms with van der Waals surface area (Å²) in [4.78, 5) is 14.1. The third-order valence-electron chi connectivity index (χ3n) is 4.13. The molecule has 1 atom stereocenters. The molecule has 2 aromatic carbocycles. The molecule has 0 spiro atoms. The Labute approximate surface area is 163 Å². The van der Waals surface area contributed by atoms with Crippen molar-refractivity contribution in [2.45, 2.75) is 19.5 Å². The Morgan fingerprint density at radius 1 is 1.19 bits per heavy atom. The highest BCUT2D eigenvalue weighted by atomic mass is 35.5. The number of carbonyl (C=O) groups excluding carboxylic acids is 1. The minimum Gasteiger partial charge on any atom is -0.378 e. The van der Waals surface area contributed by atoms with Gasteiger partial charge in [-0.15, -0.1) is 0 Å². The lowest BCUT2D eigenvalue weighted by atomic mass is 10.1. The number of nitrogens with zero attached hydrogens (tertiary/aromatic N) is 1. The molecule has 26 heavy (non-hydrogen) atoms. The van der Waals surface area contributed by atoms with Crippen LogP contribution in [0.25, 0.3) is 0 Å². The van der Waals surface area contributed by atoms with Crippen LogP contribution in [-0.4, -0.2) is 26.5 Å². The number of amides is 1. The van der Waals surface area contributed by atoms with Crippen molar-refractivity contribution in [2.24, 2.45) is 0 Å². The molecule has 2 rings (SSSR count). The first-order valence-corrected chi connectivity index (χ1v) is 9.04. The molecule has 0 heterocycles. The molecule has 0 aliphatic heterocycles. The van der Waals surface area contributed by atoms with Crippen molar-refractivity contribution in [1.82, 2.24) is 5.32 Å². The zero-order valence-electron chi connectivity index (χ0n) is 15.0. The van der Waals surface area contributed by atoms with Gasteiger partial charge < -0.3 is 15.5 Å². The van der Waals surface area contributed by atoms with Crippen LogP contribution >= 0.6 is 23.2 Å². The molecule has 7 heteroatoms. The Morgan fingerprint density at radius 2 is 1.85 bits per heavy atom. The fourth-order valence-electron chi connectivity index (χ4n) is 2.48. The number of anilines is 1. The summed E-state index contributed by atoms with van der Waals surface area (Å²) < 4.78 is 13.6. The summed E-state index contributed by atoms with van der Waals surface area (Å²) in [5.41, 5.74) is 2.75. The lowest BCUT2D eigenvalue weighted by Crippen LogP contribution is -2.87. The summed E-state index contributed by atoms with van der Waals surface area (Å²) in [5.74, 6) is -0.615. The van der Waals surface area contributed by atoms with Crippen LogP contribution in [0.1, 0.15) is 24.1 Å². The molecule has 0 bridgehead atoms. The van der Waals surface area contributed by atoms with Gasteiger partial charge in [-0.2, -0.15) is 0 Å². The van der Waals surface area contributed by atoms with E-state index in [0.29, 0.717) is 17.1 Å². The van der Waals surface area contributed by atoms with Crippen LogP contribution in [0.3, 0.4) is 0 Å². The molecule has 3 N–H and O–H groups in total. The molecule has 0 aromatic heterocycles. The van der Waals surface area contributed by atoms with E-state index in [1.165, 1.54) is 12.1 Å². The third-order valence-corrected chi connectivity index (χ3v) is 4.75. The summed E-state index contributed by atoms with van der Waals surface area (Å²) in [6.45, 7) is 2.55. The fourth-order valence-corrected chi connectivity index (χ4v) is 3.04. The number of carbonyl (C=O) groups is 1. The van der Waals surface area contributed by atoms with E-state index in [1.54, 1.807) is 5.32 Å². The average Bonchev–Trinajstić information content (AvgIpc) is 2.61. The van der Waals surface area contributed by atoms with E-state index < -0.39 is 5.82 Å². The van der Waals surface area contributed by atoms with Crippen molar-refractivity contribution in [1.29, 1.82) is 0 Å². The van der Waals surface area contributed by atoms with Crippen LogP contribution in [0, 0.1) is 5.82 Å². The van der Waals surface area contributed by atoms with Gasteiger partial charge in [0.25, 0.3) is 5.91 Å². The second-order valence-corrected chi connectivity index (χ2v) is 7.17. The molecule has 140 valence electrons. The number of benzene rings is 2. The number of rotatable bonds is 7. The van der Waals surface area contributed by atoms with Gasteiger partial charge >= 0.3 is 0 Å². The lowest BCUT2D eigenvalue weighted by Gasteiger charge is -2.14. The number of nitrogens with one attached hydrogen (secondary N) is 1. The predicted octanol–water partition coefficient (Wildman–Crippen LogP) is 3.14. The first-order chi connectivity index (χ1) is 12.3. The number of quaternary nitrogens is 1. The van der Waals surface area contributed by atoms with Crippen LogP contribution < -0.4 is 15.5 Å². The van der Waals surface area contributed by atoms with E-state index in [9.17, 15) is 9.18 Å². The minimum atomic E-state index is -0.517. The number of nitrogens with two attached hydrogens (primary N) is 1. The number of hydrogen-bond acceptors (Lipinski definition) is 2. The van der Waals surface area contributed by atoms with E-state index in [1.807, 2.05) is 50.2 Å². The first kappa shape index (κ1) is 20.5. The summed E-state index contributed by atoms with van der Waals surface area (Å²) in [6, 6.07) is 10.5. The number of hydrogen-bond donors (Lipinski definition) is 2. The molecule has 0 aliphatic rings. The fraction of sp³-hybridized carbons (Fsp3) is 0.316. The van der Waals surface area contributed by atoms with Crippen LogP contribution in [-0.2, 0) is 11.3 Å². The molecule has 0 saturated heterocycles. The van der Waals surface area contributed by atoms with Gasteiger partial charge in [-0.25, -0.2) is 4.39 Å². The molecule has 0 fully saturated rings. The minimum absolute atomic E-state index is 0.0102. The first-order valence-electron chi connectivity index (χ1n) is 8.28. The normalized spacial score (nSPS) is 11.9. The van der Waals surface area contributed by atoms with Crippen LogP contribution in [0.5, 0.6) is 0 Å². The molecule has 1 amide bonds. The monoisotopic (exact) mass is 398 g/mol. The van der Waals surface area contributed by atoms with Crippen LogP contribution in [0.4, 0.5) is 10.1 Å². The Balaban J connectivity index is 1.84. The quantitative estimate of drug-likeness (QED) is 0.703. The van der Waals surface area contributed by atoms with E-state index in [4.69, 9.17) is 23.2 Å². The highest BCUT2D eigenvalue weighted by Crippen LogP contribution is 2.27. The molecular formula is C19H23Cl2FN3O+. The topological polar surface area (TPSA) is 49.0 Å². The van der Waals surface area contributed by atoms with Crippen LogP contribution in [0.2, 0.25) is 10.0 Å². The van der Waals surface area contributed by atoms with Gasteiger partial charge in [-0.3, -0.25) is 4.79 Å². The Hall–Kier alpha value is -1.82. The summed E-state index contributed by atoms with van der Waals surface area (Å²) in [5, 5.41) is 5.06. The second-order valence-electron chi connectivity index (χ2n) is 6.35. The molecule has 0 radical (unpaired) electrons. The van der Waals surface area contributed by atoms with Crippen molar-refractivity contribution in [3.8, 4) is 0 Å². The predicted molar refractivity (Wildman–Crippen MR) is 104 cm³/mol. The van der Waals surface area contributed by atoms with Crippen LogP contribution in [0.15, 0.2) is 36.4 Å². The molecule has 0 aliphatic carbocycles. The Bertz CT molecular complexity index is 766. The Morgan fingerprint density at radius 3 is 2.46 bits per heavy atom. The molecule has 0 unspecified atom stereocenters. The van der Waals surface area contributed by atoms with Crippen molar-refractivity contribution in [3.05, 3.63) is 63.4 Å². The Kier molecular flexibility index (Phi) is 7.26. The highest BCUT2D eigenvalue weighted by Gasteiger charge is 2.17. The van der Waals surface area contributed by atoms with Gasteiger partial charge in [0.2, 0.25) is 0 Å².